The van der Waals surface area contributed by atoms with Crippen molar-refractivity contribution in [1.82, 2.24) is 4.98 Å². The van der Waals surface area contributed by atoms with E-state index in [-0.39, 0.29) is 5.91 Å². The van der Waals surface area contributed by atoms with Crippen LogP contribution >= 0.6 is 0 Å². The minimum Gasteiger partial charge on any atom is -0.493 e. The smallest absolute Gasteiger partial charge is 0.224 e. The van der Waals surface area contributed by atoms with Crippen LogP contribution < -0.4 is 24.4 Å². The molecule has 2 aromatic rings. The summed E-state index contributed by atoms with van der Waals surface area (Å²) >= 11 is 0. The van der Waals surface area contributed by atoms with Gasteiger partial charge in [0.1, 0.15) is 5.82 Å². The molecule has 0 atom stereocenters. The zero-order valence-electron chi connectivity index (χ0n) is 16.7. The molecule has 0 unspecified atom stereocenters. The van der Waals surface area contributed by atoms with E-state index in [9.17, 15) is 4.79 Å². The third-order valence-electron chi connectivity index (χ3n) is 4.83. The lowest BCUT2D eigenvalue weighted by Crippen LogP contribution is -2.19. The topological polar surface area (TPSA) is 72.9 Å². The Labute approximate surface area is 165 Å². The molecule has 0 radical (unpaired) electrons. The van der Waals surface area contributed by atoms with E-state index in [0.717, 1.165) is 24.5 Å². The van der Waals surface area contributed by atoms with Gasteiger partial charge in [0, 0.05) is 19.5 Å². The number of pyridine rings is 1. The van der Waals surface area contributed by atoms with Crippen molar-refractivity contribution in [2.24, 2.45) is 0 Å². The number of aryl methyl sites for hydroxylation is 1. The molecule has 0 bridgehead atoms. The van der Waals surface area contributed by atoms with E-state index in [4.69, 9.17) is 14.2 Å². The van der Waals surface area contributed by atoms with E-state index >= 15 is 0 Å². The van der Waals surface area contributed by atoms with E-state index in [2.05, 4.69) is 15.2 Å². The summed E-state index contributed by atoms with van der Waals surface area (Å²) < 4.78 is 16.0. The Bertz CT molecular complexity index is 777. The van der Waals surface area contributed by atoms with Crippen molar-refractivity contribution in [3.8, 4) is 17.2 Å². The number of aromatic nitrogens is 1. The van der Waals surface area contributed by atoms with Gasteiger partial charge < -0.3 is 24.4 Å². The predicted octanol–water partition coefficient (Wildman–Crippen LogP) is 3.28. The molecule has 1 fully saturated rings. The van der Waals surface area contributed by atoms with Gasteiger partial charge >= 0.3 is 0 Å². The second-order valence-corrected chi connectivity index (χ2v) is 6.68. The Kier molecular flexibility index (Phi) is 6.57. The van der Waals surface area contributed by atoms with Crippen LogP contribution in [-0.2, 0) is 11.2 Å². The van der Waals surface area contributed by atoms with Gasteiger partial charge in [0.05, 0.1) is 33.2 Å². The highest BCUT2D eigenvalue weighted by atomic mass is 16.5. The number of anilines is 2. The van der Waals surface area contributed by atoms with Crippen molar-refractivity contribution in [1.29, 1.82) is 0 Å². The molecule has 7 heteroatoms. The Hall–Kier alpha value is -2.96. The van der Waals surface area contributed by atoms with Crippen LogP contribution in [0.3, 0.4) is 0 Å². The molecule has 1 amide bonds. The molecular weight excluding hydrogens is 358 g/mol. The number of hydrogen-bond acceptors (Lipinski definition) is 6. The van der Waals surface area contributed by atoms with Gasteiger partial charge in [0.25, 0.3) is 0 Å². The second-order valence-electron chi connectivity index (χ2n) is 6.68. The summed E-state index contributed by atoms with van der Waals surface area (Å²) in [6.45, 7) is 2.10. The first-order chi connectivity index (χ1) is 13.6. The van der Waals surface area contributed by atoms with E-state index in [1.807, 2.05) is 24.3 Å². The number of amides is 1. The summed E-state index contributed by atoms with van der Waals surface area (Å²) in [4.78, 5) is 19.0. The largest absolute Gasteiger partial charge is 0.493 e. The molecule has 150 valence electrons. The lowest BCUT2D eigenvalue weighted by Gasteiger charge is -2.16. The first-order valence-corrected chi connectivity index (χ1v) is 9.44. The summed E-state index contributed by atoms with van der Waals surface area (Å²) in [5.74, 6) is 2.61. The fourth-order valence-corrected chi connectivity index (χ4v) is 3.35. The predicted molar refractivity (Wildman–Crippen MR) is 109 cm³/mol. The molecule has 0 spiro atoms. The van der Waals surface area contributed by atoms with Crippen LogP contribution in [0.5, 0.6) is 17.2 Å². The van der Waals surface area contributed by atoms with Crippen LogP contribution in [0, 0.1) is 0 Å². The van der Waals surface area contributed by atoms with E-state index in [1.165, 1.54) is 12.8 Å². The molecule has 1 aromatic heterocycles. The number of methoxy groups -OCH3 is 3. The van der Waals surface area contributed by atoms with Gasteiger partial charge in [-0.3, -0.25) is 4.79 Å². The van der Waals surface area contributed by atoms with Crippen molar-refractivity contribution in [3.05, 3.63) is 36.0 Å². The Morgan fingerprint density at radius 1 is 1.07 bits per heavy atom. The highest BCUT2D eigenvalue weighted by Gasteiger charge is 2.15. The molecule has 0 saturated carbocycles. The Morgan fingerprint density at radius 2 is 1.75 bits per heavy atom. The second kappa shape index (κ2) is 9.30. The maximum atomic E-state index is 12.3. The molecule has 1 aromatic carbocycles. The average Bonchev–Trinajstić information content (AvgIpc) is 3.26. The van der Waals surface area contributed by atoms with Gasteiger partial charge in [0.15, 0.2) is 11.5 Å². The summed E-state index contributed by atoms with van der Waals surface area (Å²) in [6.07, 6.45) is 5.03. The molecular formula is C21H27N3O4. The van der Waals surface area contributed by atoms with Crippen molar-refractivity contribution in [3.63, 3.8) is 0 Å². The first-order valence-electron chi connectivity index (χ1n) is 9.44. The van der Waals surface area contributed by atoms with Crippen LogP contribution in [0.1, 0.15) is 24.8 Å². The number of carbonyl (C=O) groups is 1. The van der Waals surface area contributed by atoms with E-state index in [0.29, 0.717) is 35.8 Å². The van der Waals surface area contributed by atoms with Crippen LogP contribution in [0.15, 0.2) is 30.5 Å². The minimum atomic E-state index is -0.0653. The Balaban J connectivity index is 1.58. The standard InChI is InChI=1S/C21H27N3O4/c1-26-17-12-15(13-18(27-2)21(17)28-3)6-9-20(25)23-16-7-8-19(22-14-16)24-10-4-5-11-24/h7-8,12-14H,4-6,9-11H2,1-3H3,(H,23,25). The molecule has 1 N–H and O–H groups in total. The molecule has 3 rings (SSSR count). The normalized spacial score (nSPS) is 13.3. The maximum Gasteiger partial charge on any atom is 0.224 e. The minimum absolute atomic E-state index is 0.0653. The van der Waals surface area contributed by atoms with Crippen molar-refractivity contribution < 1.29 is 19.0 Å². The van der Waals surface area contributed by atoms with Crippen molar-refractivity contribution in [2.45, 2.75) is 25.7 Å². The quantitative estimate of drug-likeness (QED) is 0.752. The summed E-state index contributed by atoms with van der Waals surface area (Å²) in [5.41, 5.74) is 1.64. The Morgan fingerprint density at radius 3 is 2.29 bits per heavy atom. The van der Waals surface area contributed by atoms with E-state index in [1.54, 1.807) is 27.5 Å². The van der Waals surface area contributed by atoms with Crippen molar-refractivity contribution >= 4 is 17.4 Å². The number of hydrogen-bond donors (Lipinski definition) is 1. The third kappa shape index (κ3) is 4.65. The fraction of sp³-hybridized carbons (Fsp3) is 0.429. The molecule has 1 aliphatic rings. The monoisotopic (exact) mass is 385 g/mol. The molecule has 0 aliphatic carbocycles. The van der Waals surface area contributed by atoms with Gasteiger partial charge in [-0.1, -0.05) is 0 Å². The van der Waals surface area contributed by atoms with Gasteiger partial charge in [-0.05, 0) is 49.1 Å². The third-order valence-corrected chi connectivity index (χ3v) is 4.83. The maximum absolute atomic E-state index is 12.3. The number of nitrogens with zero attached hydrogens (tertiary/aromatic N) is 2. The number of rotatable bonds is 8. The SMILES string of the molecule is COc1cc(CCC(=O)Nc2ccc(N3CCCC3)nc2)cc(OC)c1OC. The van der Waals surface area contributed by atoms with Gasteiger partial charge in [-0.2, -0.15) is 0 Å². The molecule has 28 heavy (non-hydrogen) atoms. The number of nitrogens with one attached hydrogen (secondary N) is 1. The lowest BCUT2D eigenvalue weighted by atomic mass is 10.1. The van der Waals surface area contributed by atoms with Crippen LogP contribution in [0.4, 0.5) is 11.5 Å². The number of carbonyl (C=O) groups excluding carboxylic acids is 1. The molecule has 2 heterocycles. The highest BCUT2D eigenvalue weighted by molar-refractivity contribution is 5.90. The summed E-state index contributed by atoms with van der Waals surface area (Å²) in [5, 5.41) is 2.90. The first kappa shape index (κ1) is 19.8. The van der Waals surface area contributed by atoms with Gasteiger partial charge in [0.2, 0.25) is 11.7 Å². The van der Waals surface area contributed by atoms with Gasteiger partial charge in [-0.15, -0.1) is 0 Å². The molecule has 7 nitrogen and oxygen atoms in total. The van der Waals surface area contributed by atoms with Crippen molar-refractivity contribution in [2.75, 3.05) is 44.6 Å². The van der Waals surface area contributed by atoms with Crippen LogP contribution in [-0.4, -0.2) is 45.3 Å². The summed E-state index contributed by atoms with van der Waals surface area (Å²) in [7, 11) is 4.72. The number of ether oxygens (including phenoxy) is 3. The highest BCUT2D eigenvalue weighted by Crippen LogP contribution is 2.38. The van der Waals surface area contributed by atoms with Gasteiger partial charge in [-0.25, -0.2) is 4.98 Å². The molecule has 1 saturated heterocycles. The molecule has 1 aliphatic heterocycles. The summed E-state index contributed by atoms with van der Waals surface area (Å²) in [6, 6.07) is 7.58. The zero-order chi connectivity index (χ0) is 19.9. The number of benzene rings is 1. The lowest BCUT2D eigenvalue weighted by molar-refractivity contribution is -0.116. The van der Waals surface area contributed by atoms with Crippen LogP contribution in [0.2, 0.25) is 0 Å². The average molecular weight is 385 g/mol. The van der Waals surface area contributed by atoms with Crippen LogP contribution in [0.25, 0.3) is 0 Å². The fourth-order valence-electron chi connectivity index (χ4n) is 3.35. The van der Waals surface area contributed by atoms with E-state index < -0.39 is 0 Å². The zero-order valence-corrected chi connectivity index (χ0v) is 16.7.